The molecule has 0 bridgehead atoms. The molecule has 0 spiro atoms. The molecular weight excluding hydrogens is 267 g/mol. The lowest BCUT2D eigenvalue weighted by atomic mass is 10.2. The molecule has 1 unspecified atom stereocenters. The summed E-state index contributed by atoms with van der Waals surface area (Å²) < 4.78 is 37.0. The first-order valence-electron chi connectivity index (χ1n) is 3.61. The fourth-order valence-corrected chi connectivity index (χ4v) is 1.60. The minimum absolute atomic E-state index is 0.0160. The molecule has 8 heteroatoms. The second kappa shape index (κ2) is 3.85. The van der Waals surface area contributed by atoms with E-state index in [1.807, 2.05) is 0 Å². The minimum atomic E-state index is -4.41. The molecule has 1 atom stereocenters. The number of aryl methyl sites for hydroxylation is 1. The number of alkyl halides is 3. The van der Waals surface area contributed by atoms with Crippen LogP contribution >= 0.6 is 15.9 Å². The molecular formula is C6H7BrF3N3O. The fourth-order valence-electron chi connectivity index (χ4n) is 1.01. The van der Waals surface area contributed by atoms with Gasteiger partial charge in [0.2, 0.25) is 0 Å². The molecule has 4 nitrogen and oxygen atoms in total. The van der Waals surface area contributed by atoms with Crippen LogP contribution in [0.4, 0.5) is 13.2 Å². The Bertz CT molecular complexity index is 305. The zero-order valence-electron chi connectivity index (χ0n) is 7.09. The van der Waals surface area contributed by atoms with Crippen molar-refractivity contribution in [1.29, 1.82) is 0 Å². The molecule has 0 saturated heterocycles. The summed E-state index contributed by atoms with van der Waals surface area (Å²) in [6, 6.07) is 0. The molecule has 80 valence electrons. The highest BCUT2D eigenvalue weighted by Crippen LogP contribution is 2.31. The van der Waals surface area contributed by atoms with Gasteiger partial charge < -0.3 is 5.11 Å². The fraction of sp³-hybridized carbons (Fsp3) is 0.667. The molecule has 1 N–H and O–H groups in total. The highest BCUT2D eigenvalue weighted by Gasteiger charge is 2.34. The molecule has 0 saturated carbocycles. The Kier molecular flexibility index (Phi) is 3.15. The molecule has 0 aliphatic carbocycles. The van der Waals surface area contributed by atoms with E-state index in [9.17, 15) is 18.3 Å². The first-order valence-corrected chi connectivity index (χ1v) is 4.40. The Morgan fingerprint density at radius 3 is 2.50 bits per heavy atom. The van der Waals surface area contributed by atoms with Gasteiger partial charge >= 0.3 is 6.18 Å². The summed E-state index contributed by atoms with van der Waals surface area (Å²) >= 11 is 2.90. The van der Waals surface area contributed by atoms with Crippen molar-refractivity contribution in [2.45, 2.75) is 18.7 Å². The van der Waals surface area contributed by atoms with Crippen molar-refractivity contribution in [3.8, 4) is 0 Å². The maximum Gasteiger partial charge on any atom is 0.391 e. The van der Waals surface area contributed by atoms with Crippen molar-refractivity contribution in [3.05, 3.63) is 10.3 Å². The SMILES string of the molecule is Cn1nnc(Br)c1C(O)CC(F)(F)F. The molecule has 0 fully saturated rings. The van der Waals surface area contributed by atoms with Crippen molar-refractivity contribution in [2.24, 2.45) is 7.05 Å². The van der Waals surface area contributed by atoms with Gasteiger partial charge in [-0.1, -0.05) is 5.21 Å². The number of hydrogen-bond acceptors (Lipinski definition) is 3. The molecule has 1 rings (SSSR count). The van der Waals surface area contributed by atoms with Gasteiger partial charge in [0.15, 0.2) is 4.60 Å². The first kappa shape index (κ1) is 11.4. The molecule has 14 heavy (non-hydrogen) atoms. The van der Waals surface area contributed by atoms with E-state index in [1.54, 1.807) is 0 Å². The van der Waals surface area contributed by atoms with E-state index < -0.39 is 18.7 Å². The first-order chi connectivity index (χ1) is 6.31. The molecule has 0 radical (unpaired) electrons. The standard InChI is InChI=1S/C6H7BrF3N3O/c1-13-4(5(7)11-12-13)3(14)2-6(8,9)10/h3,14H,2H2,1H3. The van der Waals surface area contributed by atoms with Crippen molar-refractivity contribution in [2.75, 3.05) is 0 Å². The van der Waals surface area contributed by atoms with Gasteiger partial charge in [0, 0.05) is 7.05 Å². The summed E-state index contributed by atoms with van der Waals surface area (Å²) in [5, 5.41) is 16.2. The Balaban J connectivity index is 2.84. The van der Waals surface area contributed by atoms with Crippen LogP contribution < -0.4 is 0 Å². The van der Waals surface area contributed by atoms with Gasteiger partial charge in [0.1, 0.15) is 11.8 Å². The molecule has 0 aliphatic rings. The lowest BCUT2D eigenvalue weighted by molar-refractivity contribution is -0.155. The lowest BCUT2D eigenvalue weighted by Crippen LogP contribution is -2.16. The molecule has 1 aromatic heterocycles. The molecule has 0 aromatic carbocycles. The third-order valence-corrected chi connectivity index (χ3v) is 2.13. The number of aromatic nitrogens is 3. The largest absolute Gasteiger partial charge is 0.391 e. The smallest absolute Gasteiger partial charge is 0.386 e. The van der Waals surface area contributed by atoms with Gasteiger partial charge in [-0.25, -0.2) is 4.68 Å². The van der Waals surface area contributed by atoms with Crippen molar-refractivity contribution >= 4 is 15.9 Å². The number of aliphatic hydroxyl groups excluding tert-OH is 1. The van der Waals surface area contributed by atoms with Crippen LogP contribution in [0.5, 0.6) is 0 Å². The predicted octanol–water partition coefficient (Wildman–Crippen LogP) is 1.56. The van der Waals surface area contributed by atoms with Gasteiger partial charge in [-0.15, -0.1) is 5.10 Å². The van der Waals surface area contributed by atoms with Crippen molar-refractivity contribution in [3.63, 3.8) is 0 Å². The van der Waals surface area contributed by atoms with Crippen LogP contribution in [0.1, 0.15) is 18.2 Å². The van der Waals surface area contributed by atoms with E-state index in [0.29, 0.717) is 0 Å². The third kappa shape index (κ3) is 2.68. The van der Waals surface area contributed by atoms with E-state index >= 15 is 0 Å². The number of aliphatic hydroxyl groups is 1. The quantitative estimate of drug-likeness (QED) is 0.890. The Morgan fingerprint density at radius 2 is 2.14 bits per heavy atom. The van der Waals surface area contributed by atoms with Crippen LogP contribution in [-0.4, -0.2) is 26.3 Å². The maximum atomic E-state index is 11.9. The molecule has 1 heterocycles. The lowest BCUT2D eigenvalue weighted by Gasteiger charge is -2.12. The highest BCUT2D eigenvalue weighted by molar-refractivity contribution is 9.10. The van der Waals surface area contributed by atoms with Gasteiger partial charge in [-0.05, 0) is 15.9 Å². The summed E-state index contributed by atoms with van der Waals surface area (Å²) in [5.41, 5.74) is 0.0160. The maximum absolute atomic E-state index is 11.9. The Hall–Kier alpha value is -0.630. The normalized spacial score (nSPS) is 14.4. The zero-order valence-corrected chi connectivity index (χ0v) is 8.67. The van der Waals surface area contributed by atoms with E-state index in [4.69, 9.17) is 0 Å². The average molecular weight is 274 g/mol. The van der Waals surface area contributed by atoms with Crippen molar-refractivity contribution in [1.82, 2.24) is 15.0 Å². The molecule has 0 aliphatic heterocycles. The van der Waals surface area contributed by atoms with E-state index in [-0.39, 0.29) is 10.3 Å². The summed E-state index contributed by atoms with van der Waals surface area (Å²) in [4.78, 5) is 0. The molecule has 0 amide bonds. The van der Waals surface area contributed by atoms with Crippen LogP contribution in [0, 0.1) is 0 Å². The summed E-state index contributed by atoms with van der Waals surface area (Å²) in [6.45, 7) is 0. The summed E-state index contributed by atoms with van der Waals surface area (Å²) in [6.07, 6.45) is -7.37. The topological polar surface area (TPSA) is 50.9 Å². The van der Waals surface area contributed by atoms with Crippen LogP contribution in [0.3, 0.4) is 0 Å². The van der Waals surface area contributed by atoms with Gasteiger partial charge in [0.25, 0.3) is 0 Å². The van der Waals surface area contributed by atoms with E-state index in [1.165, 1.54) is 7.05 Å². The average Bonchev–Trinajstić information content (AvgIpc) is 2.27. The van der Waals surface area contributed by atoms with E-state index in [0.717, 1.165) is 4.68 Å². The van der Waals surface area contributed by atoms with Gasteiger partial charge in [-0.2, -0.15) is 13.2 Å². The highest BCUT2D eigenvalue weighted by atomic mass is 79.9. The molecule has 1 aromatic rings. The summed E-state index contributed by atoms with van der Waals surface area (Å²) in [5.74, 6) is 0. The van der Waals surface area contributed by atoms with Gasteiger partial charge in [-0.3, -0.25) is 0 Å². The summed E-state index contributed by atoms with van der Waals surface area (Å²) in [7, 11) is 1.41. The third-order valence-electron chi connectivity index (χ3n) is 1.57. The second-order valence-corrected chi connectivity index (χ2v) is 3.48. The Labute approximate surface area is 85.8 Å². The second-order valence-electron chi connectivity index (χ2n) is 2.72. The van der Waals surface area contributed by atoms with Crippen molar-refractivity contribution < 1.29 is 18.3 Å². The number of nitrogens with zero attached hydrogens (tertiary/aromatic N) is 3. The van der Waals surface area contributed by atoms with Crippen LogP contribution in [-0.2, 0) is 7.05 Å². The predicted molar refractivity (Wildman–Crippen MR) is 44.3 cm³/mol. The minimum Gasteiger partial charge on any atom is -0.386 e. The van der Waals surface area contributed by atoms with Crippen LogP contribution in [0.15, 0.2) is 4.60 Å². The zero-order chi connectivity index (χ0) is 10.9. The van der Waals surface area contributed by atoms with Crippen LogP contribution in [0.25, 0.3) is 0 Å². The number of rotatable bonds is 2. The van der Waals surface area contributed by atoms with Crippen LogP contribution in [0.2, 0.25) is 0 Å². The monoisotopic (exact) mass is 273 g/mol. The van der Waals surface area contributed by atoms with E-state index in [2.05, 4.69) is 26.2 Å². The number of hydrogen-bond donors (Lipinski definition) is 1. The number of halogens is 4. The Morgan fingerprint density at radius 1 is 1.57 bits per heavy atom. The van der Waals surface area contributed by atoms with Gasteiger partial charge in [0.05, 0.1) is 6.42 Å².